The predicted molar refractivity (Wildman–Crippen MR) is 105 cm³/mol. The summed E-state index contributed by atoms with van der Waals surface area (Å²) in [6.45, 7) is 0. The van der Waals surface area contributed by atoms with Gasteiger partial charge < -0.3 is 0 Å². The van der Waals surface area contributed by atoms with E-state index < -0.39 is 0 Å². The second-order valence-corrected chi connectivity index (χ2v) is 8.61. The van der Waals surface area contributed by atoms with E-state index in [2.05, 4.69) is 18.2 Å². The van der Waals surface area contributed by atoms with Crippen LogP contribution in [0.3, 0.4) is 0 Å². The molecule has 3 aromatic carbocycles. The van der Waals surface area contributed by atoms with Crippen LogP contribution in [0.25, 0.3) is 0 Å². The van der Waals surface area contributed by atoms with Crippen LogP contribution < -0.4 is 13.8 Å². The molecule has 0 radical (unpaired) electrons. The molecule has 0 aliphatic carbocycles. The Hall–Kier alpha value is -2.06. The average molecular weight is 413 g/mol. The third-order valence-electron chi connectivity index (χ3n) is 4.21. The maximum absolute atomic E-state index is 13.1. The molecule has 3 aromatic rings. The second-order valence-electron chi connectivity index (χ2n) is 5.90. The summed E-state index contributed by atoms with van der Waals surface area (Å²) in [6.07, 6.45) is 1.21. The Morgan fingerprint density at radius 1 is 0.880 bits per heavy atom. The van der Waals surface area contributed by atoms with Gasteiger partial charge in [-0.25, -0.2) is 0 Å². The molecule has 0 N–H and O–H groups in total. The van der Waals surface area contributed by atoms with Crippen molar-refractivity contribution in [3.8, 4) is 0 Å². The van der Waals surface area contributed by atoms with Gasteiger partial charge in [-0.15, -0.1) is 0 Å². The minimum absolute atomic E-state index is 0.107. The van der Waals surface area contributed by atoms with Crippen LogP contribution in [0.2, 0.25) is 5.02 Å². The molecule has 0 atom stereocenters. The summed E-state index contributed by atoms with van der Waals surface area (Å²) in [4.78, 5) is 14.9. The summed E-state index contributed by atoms with van der Waals surface area (Å²) in [5, 5.41) is 0.662. The Labute approximate surface area is 158 Å². The molecule has 25 heavy (non-hydrogen) atoms. The number of benzene rings is 3. The van der Waals surface area contributed by atoms with E-state index in [1.165, 1.54) is 14.5 Å². The number of aryl methyl sites for hydroxylation is 1. The van der Waals surface area contributed by atoms with Crippen LogP contribution in [-0.4, -0.2) is 20.9 Å². The fourth-order valence-corrected chi connectivity index (χ4v) is 5.35. The normalized spacial score (nSPS) is 12.4. The first kappa shape index (κ1) is 16.4. The van der Waals surface area contributed by atoms with Gasteiger partial charge in [-0.05, 0) is 0 Å². The van der Waals surface area contributed by atoms with Gasteiger partial charge in [0.2, 0.25) is 0 Å². The zero-order valence-electron chi connectivity index (χ0n) is 13.5. The van der Waals surface area contributed by atoms with E-state index in [1.54, 1.807) is 0 Å². The molecule has 4 rings (SSSR count). The van der Waals surface area contributed by atoms with Crippen molar-refractivity contribution in [2.75, 3.05) is 4.90 Å². The number of hydrogen-bond donors (Lipinski definition) is 0. The summed E-state index contributed by atoms with van der Waals surface area (Å²) < 4.78 is 2.43. The third kappa shape index (κ3) is 3.36. The number of amides is 1. The van der Waals surface area contributed by atoms with Crippen molar-refractivity contribution in [3.63, 3.8) is 0 Å². The molecule has 2 nitrogen and oxygen atoms in total. The Morgan fingerprint density at radius 2 is 1.60 bits per heavy atom. The van der Waals surface area contributed by atoms with Crippen molar-refractivity contribution in [1.82, 2.24) is 0 Å². The molecular weight excluding hydrogens is 397 g/mol. The molecule has 1 aliphatic heterocycles. The molecule has 1 heterocycles. The molecule has 1 aliphatic rings. The number of carbonyl (C=O) groups excluding carboxylic acids is 1. The zero-order valence-corrected chi connectivity index (χ0v) is 16.0. The Morgan fingerprint density at radius 3 is 2.44 bits per heavy atom. The van der Waals surface area contributed by atoms with Crippen LogP contribution in [0.4, 0.5) is 11.4 Å². The molecule has 4 heteroatoms. The number of halogens is 1. The van der Waals surface area contributed by atoms with Gasteiger partial charge in [-0.2, -0.15) is 0 Å². The van der Waals surface area contributed by atoms with Crippen molar-refractivity contribution in [2.45, 2.75) is 12.8 Å². The Kier molecular flexibility index (Phi) is 4.63. The summed E-state index contributed by atoms with van der Waals surface area (Å²) in [5.41, 5.74) is 3.11. The second kappa shape index (κ2) is 7.05. The molecule has 1 amide bonds. The molecule has 0 unspecified atom stereocenters. The van der Waals surface area contributed by atoms with Crippen molar-refractivity contribution >= 4 is 52.8 Å². The van der Waals surface area contributed by atoms with E-state index in [4.69, 9.17) is 11.6 Å². The van der Waals surface area contributed by atoms with E-state index in [1.807, 2.05) is 59.5 Å². The number of hydrogen-bond acceptors (Lipinski definition) is 1. The Balaban J connectivity index is 1.68. The summed E-state index contributed by atoms with van der Waals surface area (Å²) in [6, 6.07) is 24.2. The summed E-state index contributed by atoms with van der Waals surface area (Å²) in [7, 11) is 0. The van der Waals surface area contributed by atoms with Crippen LogP contribution in [0.15, 0.2) is 72.8 Å². The van der Waals surface area contributed by atoms with Gasteiger partial charge in [0.15, 0.2) is 0 Å². The average Bonchev–Trinajstić information content (AvgIpc) is 2.65. The fraction of sp³-hybridized carbons (Fsp3) is 0.0952. The van der Waals surface area contributed by atoms with Gasteiger partial charge in [0.1, 0.15) is 0 Å². The summed E-state index contributed by atoms with van der Waals surface area (Å²) >= 11 is 6.40. The van der Waals surface area contributed by atoms with E-state index in [0.717, 1.165) is 17.8 Å². The number of fused-ring (bicyclic) bond motifs is 2. The zero-order chi connectivity index (χ0) is 17.2. The molecule has 0 fully saturated rings. The monoisotopic (exact) mass is 413 g/mol. The standard InChI is InChI=1S/C21H16ClNOSe/c22-16-11-12-20-18(14-16)23(17-8-4-5-9-19(17)25-20)21(24)13-10-15-6-2-1-3-7-15/h1-9,11-12,14H,10,13H2. The van der Waals surface area contributed by atoms with Gasteiger partial charge in [0, 0.05) is 0 Å². The van der Waals surface area contributed by atoms with Crippen LogP contribution in [0.1, 0.15) is 12.0 Å². The quantitative estimate of drug-likeness (QED) is 0.602. The number of rotatable bonds is 3. The number of carbonyl (C=O) groups is 1. The van der Waals surface area contributed by atoms with Crippen molar-refractivity contribution in [3.05, 3.63) is 83.4 Å². The van der Waals surface area contributed by atoms with Crippen LogP contribution in [0.5, 0.6) is 0 Å². The number of nitrogens with zero attached hydrogens (tertiary/aromatic N) is 1. The first-order valence-electron chi connectivity index (χ1n) is 8.16. The minimum atomic E-state index is 0.107. The topological polar surface area (TPSA) is 20.3 Å². The molecule has 0 bridgehead atoms. The van der Waals surface area contributed by atoms with Gasteiger partial charge in [0.25, 0.3) is 0 Å². The van der Waals surface area contributed by atoms with Crippen LogP contribution in [-0.2, 0) is 11.2 Å². The molecular formula is C21H16ClNOSe. The van der Waals surface area contributed by atoms with Gasteiger partial charge >= 0.3 is 159 Å². The van der Waals surface area contributed by atoms with E-state index >= 15 is 0 Å². The first-order valence-corrected chi connectivity index (χ1v) is 10.2. The summed E-state index contributed by atoms with van der Waals surface area (Å²) in [5.74, 6) is 0.107. The van der Waals surface area contributed by atoms with Gasteiger partial charge in [0.05, 0.1) is 0 Å². The van der Waals surface area contributed by atoms with Gasteiger partial charge in [-0.1, -0.05) is 0 Å². The molecule has 0 aromatic heterocycles. The Bertz CT molecular complexity index is 926. The molecule has 0 spiro atoms. The van der Waals surface area contributed by atoms with Crippen LogP contribution >= 0.6 is 11.6 Å². The van der Waals surface area contributed by atoms with E-state index in [0.29, 0.717) is 11.4 Å². The van der Waals surface area contributed by atoms with Crippen LogP contribution in [0, 0.1) is 0 Å². The van der Waals surface area contributed by atoms with Gasteiger partial charge in [-0.3, -0.25) is 0 Å². The molecule has 0 saturated carbocycles. The van der Waals surface area contributed by atoms with Crippen molar-refractivity contribution in [1.29, 1.82) is 0 Å². The molecule has 0 saturated heterocycles. The third-order valence-corrected chi connectivity index (χ3v) is 6.81. The van der Waals surface area contributed by atoms with Crippen molar-refractivity contribution in [2.24, 2.45) is 0 Å². The molecule has 124 valence electrons. The first-order chi connectivity index (χ1) is 12.2. The SMILES string of the molecule is O=C(CCc1ccccc1)N1c2ccccc2[Se]c2ccc(Cl)cc21. The predicted octanol–water partition coefficient (Wildman–Crippen LogP) is 3.61. The maximum atomic E-state index is 13.1. The number of anilines is 2. The van der Waals surface area contributed by atoms with Crippen molar-refractivity contribution < 1.29 is 4.79 Å². The van der Waals surface area contributed by atoms with E-state index in [-0.39, 0.29) is 20.9 Å². The fourth-order valence-electron chi connectivity index (χ4n) is 3.00. The van der Waals surface area contributed by atoms with E-state index in [9.17, 15) is 4.79 Å². The number of para-hydroxylation sites is 1.